The normalized spacial score (nSPS) is 10.9. The van der Waals surface area contributed by atoms with Crippen LogP contribution in [0.4, 0.5) is 0 Å². The molecule has 0 atom stereocenters. The number of aryl methyl sites for hydroxylation is 2. The number of amides is 1. The zero-order valence-corrected chi connectivity index (χ0v) is 19.2. The lowest BCUT2D eigenvalue weighted by atomic mass is 10.1. The summed E-state index contributed by atoms with van der Waals surface area (Å²) in [5.41, 5.74) is 4.78. The second-order valence-electron chi connectivity index (χ2n) is 8.35. The van der Waals surface area contributed by atoms with Crippen molar-refractivity contribution in [3.8, 4) is 5.75 Å². The molecule has 33 heavy (non-hydrogen) atoms. The van der Waals surface area contributed by atoms with Gasteiger partial charge in [0.05, 0.1) is 11.0 Å². The minimum absolute atomic E-state index is 0.0487. The van der Waals surface area contributed by atoms with E-state index in [9.17, 15) is 4.79 Å². The number of hydrogen-bond donors (Lipinski definition) is 1. The summed E-state index contributed by atoms with van der Waals surface area (Å²) in [6, 6.07) is 26.4. The number of nitrogens with one attached hydrogen (secondary N) is 1. The molecular formula is C28H31N3O2. The molecule has 170 valence electrons. The Morgan fingerprint density at radius 2 is 1.67 bits per heavy atom. The van der Waals surface area contributed by atoms with Crippen molar-refractivity contribution in [2.75, 3.05) is 13.2 Å². The molecule has 0 saturated carbocycles. The molecule has 0 radical (unpaired) electrons. The molecule has 5 heteroatoms. The largest absolute Gasteiger partial charge is 0.484 e. The maximum absolute atomic E-state index is 12.0. The molecule has 0 fully saturated rings. The number of hydrogen-bond acceptors (Lipinski definition) is 3. The average molecular weight is 442 g/mol. The quantitative estimate of drug-likeness (QED) is 0.321. The van der Waals surface area contributed by atoms with E-state index in [0.29, 0.717) is 12.3 Å². The van der Waals surface area contributed by atoms with Crippen LogP contribution in [-0.4, -0.2) is 28.6 Å². The topological polar surface area (TPSA) is 56.2 Å². The fourth-order valence-electron chi connectivity index (χ4n) is 3.90. The van der Waals surface area contributed by atoms with E-state index in [0.717, 1.165) is 43.6 Å². The van der Waals surface area contributed by atoms with Crippen molar-refractivity contribution >= 4 is 16.9 Å². The van der Waals surface area contributed by atoms with Crippen molar-refractivity contribution in [1.82, 2.24) is 14.9 Å². The van der Waals surface area contributed by atoms with Crippen LogP contribution in [0.1, 0.15) is 36.2 Å². The van der Waals surface area contributed by atoms with Crippen LogP contribution in [0.3, 0.4) is 0 Å². The molecule has 0 aliphatic carbocycles. The van der Waals surface area contributed by atoms with Gasteiger partial charge in [-0.25, -0.2) is 4.98 Å². The molecule has 0 unspecified atom stereocenters. The Morgan fingerprint density at radius 1 is 0.909 bits per heavy atom. The average Bonchev–Trinajstić information content (AvgIpc) is 3.19. The number of para-hydroxylation sites is 3. The monoisotopic (exact) mass is 441 g/mol. The maximum atomic E-state index is 12.0. The number of nitrogens with zero attached hydrogens (tertiary/aromatic N) is 2. The van der Waals surface area contributed by atoms with Crippen molar-refractivity contribution in [3.05, 3.63) is 95.8 Å². The summed E-state index contributed by atoms with van der Waals surface area (Å²) in [5.74, 6) is 1.75. The van der Waals surface area contributed by atoms with E-state index in [1.165, 1.54) is 16.6 Å². The Kier molecular flexibility index (Phi) is 7.75. The molecule has 1 heterocycles. The first-order valence-electron chi connectivity index (χ1n) is 11.6. The van der Waals surface area contributed by atoms with Crippen LogP contribution in [0.2, 0.25) is 0 Å². The molecule has 5 nitrogen and oxygen atoms in total. The fourth-order valence-corrected chi connectivity index (χ4v) is 3.90. The minimum Gasteiger partial charge on any atom is -0.484 e. The molecule has 1 amide bonds. The van der Waals surface area contributed by atoms with Gasteiger partial charge in [0.25, 0.3) is 5.91 Å². The summed E-state index contributed by atoms with van der Waals surface area (Å²) in [7, 11) is 0. The zero-order chi connectivity index (χ0) is 22.9. The standard InChI is InChI=1S/C28H31N3O2/c1-22-15-17-23(18-16-22)20-31-26-13-8-7-12-25(26)30-27(31)14-6-3-9-19-29-28(32)21-33-24-10-4-2-5-11-24/h2,4-5,7-8,10-13,15-18H,3,6,9,14,19-21H2,1H3,(H,29,32). The highest BCUT2D eigenvalue weighted by Crippen LogP contribution is 2.20. The Balaban J connectivity index is 1.24. The van der Waals surface area contributed by atoms with Gasteiger partial charge in [-0.1, -0.05) is 66.6 Å². The molecule has 1 N–H and O–H groups in total. The number of imidazole rings is 1. The molecule has 0 aliphatic rings. The Morgan fingerprint density at radius 3 is 2.48 bits per heavy atom. The lowest BCUT2D eigenvalue weighted by molar-refractivity contribution is -0.123. The number of carbonyl (C=O) groups excluding carboxylic acids is 1. The second-order valence-corrected chi connectivity index (χ2v) is 8.35. The predicted octanol–water partition coefficient (Wildman–Crippen LogP) is 5.30. The molecule has 0 bridgehead atoms. The molecule has 0 aliphatic heterocycles. The Bertz CT molecular complexity index is 1170. The van der Waals surface area contributed by atoms with Crippen LogP contribution in [0.25, 0.3) is 11.0 Å². The highest BCUT2D eigenvalue weighted by Gasteiger charge is 2.11. The van der Waals surface area contributed by atoms with Gasteiger partial charge in [0, 0.05) is 19.5 Å². The van der Waals surface area contributed by atoms with Gasteiger partial charge in [0.2, 0.25) is 0 Å². The van der Waals surface area contributed by atoms with Gasteiger partial charge in [-0.05, 0) is 49.6 Å². The smallest absolute Gasteiger partial charge is 0.257 e. The van der Waals surface area contributed by atoms with Crippen molar-refractivity contribution in [3.63, 3.8) is 0 Å². The molecule has 0 saturated heterocycles. The summed E-state index contributed by atoms with van der Waals surface area (Å²) in [6.07, 6.45) is 3.93. The summed E-state index contributed by atoms with van der Waals surface area (Å²) in [6.45, 7) is 3.65. The first-order valence-corrected chi connectivity index (χ1v) is 11.6. The van der Waals surface area contributed by atoms with Gasteiger partial charge in [0.15, 0.2) is 6.61 Å². The van der Waals surface area contributed by atoms with E-state index in [2.05, 4.69) is 59.3 Å². The van der Waals surface area contributed by atoms with E-state index in [1.54, 1.807) is 0 Å². The van der Waals surface area contributed by atoms with Crippen LogP contribution in [0.5, 0.6) is 5.75 Å². The van der Waals surface area contributed by atoms with E-state index < -0.39 is 0 Å². The number of benzene rings is 3. The lowest BCUT2D eigenvalue weighted by Crippen LogP contribution is -2.29. The number of rotatable bonds is 11. The predicted molar refractivity (Wildman–Crippen MR) is 133 cm³/mol. The number of fused-ring (bicyclic) bond motifs is 1. The van der Waals surface area contributed by atoms with Crippen molar-refractivity contribution in [1.29, 1.82) is 0 Å². The van der Waals surface area contributed by atoms with Crippen molar-refractivity contribution in [2.45, 2.75) is 39.2 Å². The van der Waals surface area contributed by atoms with E-state index in [-0.39, 0.29) is 12.5 Å². The van der Waals surface area contributed by atoms with Gasteiger partial charge in [-0.3, -0.25) is 4.79 Å². The van der Waals surface area contributed by atoms with E-state index in [4.69, 9.17) is 9.72 Å². The second kappa shape index (κ2) is 11.3. The number of aromatic nitrogens is 2. The van der Waals surface area contributed by atoms with Gasteiger partial charge in [-0.15, -0.1) is 0 Å². The summed E-state index contributed by atoms with van der Waals surface area (Å²) in [4.78, 5) is 16.9. The fraction of sp³-hybridized carbons (Fsp3) is 0.286. The number of ether oxygens (including phenoxy) is 1. The van der Waals surface area contributed by atoms with Gasteiger partial charge in [0.1, 0.15) is 11.6 Å². The van der Waals surface area contributed by atoms with E-state index in [1.807, 2.05) is 36.4 Å². The third-order valence-electron chi connectivity index (χ3n) is 5.71. The molecular weight excluding hydrogens is 410 g/mol. The van der Waals surface area contributed by atoms with Crippen LogP contribution >= 0.6 is 0 Å². The number of unbranched alkanes of at least 4 members (excludes halogenated alkanes) is 2. The number of carbonyl (C=O) groups is 1. The Labute approximate surface area is 195 Å². The van der Waals surface area contributed by atoms with Crippen LogP contribution in [-0.2, 0) is 17.8 Å². The Hall–Kier alpha value is -3.60. The summed E-state index contributed by atoms with van der Waals surface area (Å²) >= 11 is 0. The molecule has 4 aromatic rings. The SMILES string of the molecule is Cc1ccc(Cn2c(CCCCCNC(=O)COc3ccccc3)nc3ccccc32)cc1. The lowest BCUT2D eigenvalue weighted by Gasteiger charge is -2.10. The van der Waals surface area contributed by atoms with Crippen molar-refractivity contribution in [2.24, 2.45) is 0 Å². The molecule has 0 spiro atoms. The van der Waals surface area contributed by atoms with Crippen LogP contribution in [0.15, 0.2) is 78.9 Å². The highest BCUT2D eigenvalue weighted by molar-refractivity contribution is 5.77. The first-order chi connectivity index (χ1) is 16.2. The van der Waals surface area contributed by atoms with Gasteiger partial charge < -0.3 is 14.6 Å². The first kappa shape index (κ1) is 22.6. The zero-order valence-electron chi connectivity index (χ0n) is 19.2. The summed E-state index contributed by atoms with van der Waals surface area (Å²) in [5, 5.41) is 2.94. The van der Waals surface area contributed by atoms with E-state index >= 15 is 0 Å². The van der Waals surface area contributed by atoms with Crippen molar-refractivity contribution < 1.29 is 9.53 Å². The van der Waals surface area contributed by atoms with Crippen LogP contribution < -0.4 is 10.1 Å². The summed E-state index contributed by atoms with van der Waals surface area (Å²) < 4.78 is 7.81. The molecule has 3 aromatic carbocycles. The highest BCUT2D eigenvalue weighted by atomic mass is 16.5. The third kappa shape index (κ3) is 6.45. The van der Waals surface area contributed by atoms with Crippen LogP contribution in [0, 0.1) is 6.92 Å². The molecule has 4 rings (SSSR count). The minimum atomic E-state index is -0.0845. The van der Waals surface area contributed by atoms with Gasteiger partial charge in [-0.2, -0.15) is 0 Å². The maximum Gasteiger partial charge on any atom is 0.257 e. The van der Waals surface area contributed by atoms with Gasteiger partial charge >= 0.3 is 0 Å². The third-order valence-corrected chi connectivity index (χ3v) is 5.71. The molecule has 1 aromatic heterocycles.